The van der Waals surface area contributed by atoms with Crippen molar-refractivity contribution >= 4 is 17.3 Å². The maximum absolute atomic E-state index is 12.1. The second-order valence-electron chi connectivity index (χ2n) is 6.15. The smallest absolute Gasteiger partial charge is 0.273 e. The Balaban J connectivity index is 2.01. The number of nitrogens with one attached hydrogen (secondary N) is 1. The van der Waals surface area contributed by atoms with Crippen molar-refractivity contribution < 1.29 is 19.2 Å². The Morgan fingerprint density at radius 2 is 1.96 bits per heavy atom. The molecule has 2 aromatic rings. The van der Waals surface area contributed by atoms with E-state index in [0.717, 1.165) is 5.56 Å². The molecule has 0 spiro atoms. The second kappa shape index (κ2) is 8.33. The fourth-order valence-corrected chi connectivity index (χ4v) is 2.62. The fraction of sp³-hybridized carbons (Fsp3) is 0.316. The van der Waals surface area contributed by atoms with Gasteiger partial charge in [-0.15, -0.1) is 0 Å². The number of non-ortho nitro benzene ring substituents is 1. The van der Waals surface area contributed by atoms with Gasteiger partial charge in [-0.25, -0.2) is 0 Å². The second-order valence-corrected chi connectivity index (χ2v) is 6.15. The number of benzene rings is 2. The minimum atomic E-state index is -0.527. The minimum Gasteiger partial charge on any atom is -0.494 e. The molecule has 26 heavy (non-hydrogen) atoms. The van der Waals surface area contributed by atoms with E-state index < -0.39 is 4.92 Å². The van der Waals surface area contributed by atoms with Gasteiger partial charge in [-0.2, -0.15) is 0 Å². The first-order chi connectivity index (χ1) is 12.3. The SMILES string of the molecule is COc1cc([N+](=O)[O-])ccc1NC(=O)COc1ccc(C(C)C)c(C)c1. The highest BCUT2D eigenvalue weighted by molar-refractivity contribution is 5.93. The summed E-state index contributed by atoms with van der Waals surface area (Å²) < 4.78 is 10.6. The maximum Gasteiger partial charge on any atom is 0.273 e. The minimum absolute atomic E-state index is 0.114. The molecule has 0 aliphatic carbocycles. The number of carbonyl (C=O) groups excluding carboxylic acids is 1. The highest BCUT2D eigenvalue weighted by Crippen LogP contribution is 2.29. The van der Waals surface area contributed by atoms with E-state index >= 15 is 0 Å². The van der Waals surface area contributed by atoms with Crippen molar-refractivity contribution in [3.05, 3.63) is 57.6 Å². The largest absolute Gasteiger partial charge is 0.494 e. The van der Waals surface area contributed by atoms with Gasteiger partial charge >= 0.3 is 0 Å². The molecule has 0 aliphatic heterocycles. The Kier molecular flexibility index (Phi) is 6.16. The van der Waals surface area contributed by atoms with E-state index in [0.29, 0.717) is 17.4 Å². The maximum atomic E-state index is 12.1. The zero-order valence-corrected chi connectivity index (χ0v) is 15.2. The quantitative estimate of drug-likeness (QED) is 0.595. The third kappa shape index (κ3) is 4.72. The molecular formula is C19H22N2O5. The Hall–Kier alpha value is -3.09. The lowest BCUT2D eigenvalue weighted by Crippen LogP contribution is -2.20. The molecule has 0 saturated heterocycles. The van der Waals surface area contributed by atoms with Crippen LogP contribution in [0.25, 0.3) is 0 Å². The molecule has 2 aromatic carbocycles. The molecule has 0 heterocycles. The molecule has 0 atom stereocenters. The van der Waals surface area contributed by atoms with Crippen LogP contribution in [0.4, 0.5) is 11.4 Å². The van der Waals surface area contributed by atoms with Gasteiger partial charge in [-0.1, -0.05) is 19.9 Å². The van der Waals surface area contributed by atoms with Crippen molar-refractivity contribution in [1.29, 1.82) is 0 Å². The molecular weight excluding hydrogens is 336 g/mol. The molecule has 0 bridgehead atoms. The summed E-state index contributed by atoms with van der Waals surface area (Å²) >= 11 is 0. The first kappa shape index (κ1) is 19.2. The van der Waals surface area contributed by atoms with Gasteiger partial charge in [0.15, 0.2) is 6.61 Å². The average Bonchev–Trinajstić information content (AvgIpc) is 2.59. The third-order valence-electron chi connectivity index (χ3n) is 3.90. The molecule has 1 N–H and O–H groups in total. The van der Waals surface area contributed by atoms with Crippen molar-refractivity contribution in [1.82, 2.24) is 0 Å². The van der Waals surface area contributed by atoms with E-state index in [1.54, 1.807) is 0 Å². The van der Waals surface area contributed by atoms with Gasteiger partial charge in [0.2, 0.25) is 0 Å². The molecule has 7 heteroatoms. The third-order valence-corrected chi connectivity index (χ3v) is 3.90. The van der Waals surface area contributed by atoms with Crippen LogP contribution in [0.2, 0.25) is 0 Å². The topological polar surface area (TPSA) is 90.7 Å². The van der Waals surface area contributed by atoms with E-state index in [1.165, 1.54) is 30.9 Å². The van der Waals surface area contributed by atoms with Gasteiger partial charge in [-0.05, 0) is 42.2 Å². The number of methoxy groups -OCH3 is 1. The van der Waals surface area contributed by atoms with Crippen molar-refractivity contribution in [3.8, 4) is 11.5 Å². The van der Waals surface area contributed by atoms with Crippen LogP contribution in [0.1, 0.15) is 30.9 Å². The molecule has 0 aliphatic rings. The standard InChI is InChI=1S/C19H22N2O5/c1-12(2)16-7-6-15(9-13(16)3)26-11-19(22)20-17-8-5-14(21(23)24)10-18(17)25-4/h5-10,12H,11H2,1-4H3,(H,20,22). The number of carbonyl (C=O) groups is 1. The molecule has 138 valence electrons. The number of anilines is 1. The van der Waals surface area contributed by atoms with Crippen molar-refractivity contribution in [2.75, 3.05) is 19.0 Å². The molecule has 0 unspecified atom stereocenters. The molecule has 7 nitrogen and oxygen atoms in total. The van der Waals surface area contributed by atoms with Crippen LogP contribution in [0, 0.1) is 17.0 Å². The van der Waals surface area contributed by atoms with Crippen LogP contribution in [0.15, 0.2) is 36.4 Å². The van der Waals surface area contributed by atoms with Crippen LogP contribution < -0.4 is 14.8 Å². The van der Waals surface area contributed by atoms with Crippen molar-refractivity contribution in [3.63, 3.8) is 0 Å². The lowest BCUT2D eigenvalue weighted by Gasteiger charge is -2.13. The van der Waals surface area contributed by atoms with Crippen molar-refractivity contribution in [2.45, 2.75) is 26.7 Å². The van der Waals surface area contributed by atoms with E-state index in [-0.39, 0.29) is 24.0 Å². The van der Waals surface area contributed by atoms with Gasteiger partial charge in [0.05, 0.1) is 23.8 Å². The first-order valence-corrected chi connectivity index (χ1v) is 8.17. The zero-order chi connectivity index (χ0) is 19.3. The molecule has 2 rings (SSSR count). The van der Waals surface area contributed by atoms with Crippen LogP contribution in [0.3, 0.4) is 0 Å². The van der Waals surface area contributed by atoms with Crippen molar-refractivity contribution in [2.24, 2.45) is 0 Å². The summed E-state index contributed by atoms with van der Waals surface area (Å²) in [5, 5.41) is 13.4. The number of nitro benzene ring substituents is 1. The van der Waals surface area contributed by atoms with Gasteiger partial charge in [-0.3, -0.25) is 14.9 Å². The van der Waals surface area contributed by atoms with Crippen LogP contribution in [0.5, 0.6) is 11.5 Å². The van der Waals surface area contributed by atoms with Gasteiger partial charge in [0.25, 0.3) is 11.6 Å². The molecule has 1 amide bonds. The summed E-state index contributed by atoms with van der Waals surface area (Å²) in [5.41, 5.74) is 2.57. The van der Waals surface area contributed by atoms with Crippen LogP contribution >= 0.6 is 0 Å². The van der Waals surface area contributed by atoms with E-state index in [9.17, 15) is 14.9 Å². The summed E-state index contributed by atoms with van der Waals surface area (Å²) in [6.45, 7) is 6.06. The fourth-order valence-electron chi connectivity index (χ4n) is 2.62. The zero-order valence-electron chi connectivity index (χ0n) is 15.2. The number of nitrogens with zero attached hydrogens (tertiary/aromatic N) is 1. The van der Waals surface area contributed by atoms with E-state index in [4.69, 9.17) is 9.47 Å². The van der Waals surface area contributed by atoms with Gasteiger partial charge in [0.1, 0.15) is 11.5 Å². The molecule has 0 aromatic heterocycles. The van der Waals surface area contributed by atoms with Gasteiger partial charge in [0, 0.05) is 6.07 Å². The Bertz CT molecular complexity index is 818. The number of amides is 1. The highest BCUT2D eigenvalue weighted by atomic mass is 16.6. The summed E-state index contributed by atoms with van der Waals surface area (Å²) in [4.78, 5) is 22.4. The number of hydrogen-bond donors (Lipinski definition) is 1. The first-order valence-electron chi connectivity index (χ1n) is 8.17. The van der Waals surface area contributed by atoms with Crippen LogP contribution in [-0.4, -0.2) is 24.5 Å². The van der Waals surface area contributed by atoms with Crippen LogP contribution in [-0.2, 0) is 4.79 Å². The summed E-state index contributed by atoms with van der Waals surface area (Å²) in [5.74, 6) is 0.854. The Labute approximate surface area is 152 Å². The van der Waals surface area contributed by atoms with E-state index in [2.05, 4.69) is 19.2 Å². The average molecular weight is 358 g/mol. The number of ether oxygens (including phenoxy) is 2. The summed E-state index contributed by atoms with van der Waals surface area (Å²) in [6, 6.07) is 9.71. The molecule has 0 fully saturated rings. The number of rotatable bonds is 7. The summed E-state index contributed by atoms with van der Waals surface area (Å²) in [7, 11) is 1.38. The predicted octanol–water partition coefficient (Wildman–Crippen LogP) is 4.05. The molecule has 0 saturated carbocycles. The van der Waals surface area contributed by atoms with E-state index in [1.807, 2.05) is 25.1 Å². The molecule has 0 radical (unpaired) electrons. The van der Waals surface area contributed by atoms with Gasteiger partial charge < -0.3 is 14.8 Å². The Morgan fingerprint density at radius 1 is 1.23 bits per heavy atom. The Morgan fingerprint density at radius 3 is 2.54 bits per heavy atom. The number of hydrogen-bond acceptors (Lipinski definition) is 5. The monoisotopic (exact) mass is 358 g/mol. The lowest BCUT2D eigenvalue weighted by atomic mass is 9.98. The number of nitro groups is 1. The lowest BCUT2D eigenvalue weighted by molar-refractivity contribution is -0.384. The normalized spacial score (nSPS) is 10.5. The highest BCUT2D eigenvalue weighted by Gasteiger charge is 2.14. The summed E-state index contributed by atoms with van der Waals surface area (Å²) in [6.07, 6.45) is 0. The number of aryl methyl sites for hydroxylation is 1. The predicted molar refractivity (Wildman–Crippen MR) is 99.0 cm³/mol.